The lowest BCUT2D eigenvalue weighted by Gasteiger charge is -2.09. The number of fused-ring (bicyclic) bond motifs is 1. The van der Waals surface area contributed by atoms with Crippen molar-refractivity contribution in [2.45, 2.75) is 19.4 Å². The Balaban J connectivity index is 2.29. The van der Waals surface area contributed by atoms with Crippen molar-refractivity contribution in [1.82, 2.24) is 10.3 Å². The van der Waals surface area contributed by atoms with Crippen LogP contribution in [0.15, 0.2) is 24.3 Å². The first-order chi connectivity index (χ1) is 8.65. The highest BCUT2D eigenvalue weighted by Gasteiger charge is 2.13. The number of aromatic amines is 1. The first kappa shape index (κ1) is 12.1. The topological polar surface area (TPSA) is 70.9 Å². The van der Waals surface area contributed by atoms with E-state index in [2.05, 4.69) is 16.2 Å². The number of anilines is 1. The van der Waals surface area contributed by atoms with Crippen molar-refractivity contribution in [3.8, 4) is 12.3 Å². The summed E-state index contributed by atoms with van der Waals surface area (Å²) in [7, 11) is 0. The van der Waals surface area contributed by atoms with E-state index >= 15 is 0 Å². The van der Waals surface area contributed by atoms with Crippen LogP contribution in [0.3, 0.4) is 0 Å². The molecule has 1 unspecified atom stereocenters. The fourth-order valence-electron chi connectivity index (χ4n) is 1.80. The molecule has 0 aliphatic rings. The quantitative estimate of drug-likeness (QED) is 0.567. The third kappa shape index (κ3) is 2.16. The zero-order chi connectivity index (χ0) is 13.1. The number of para-hydroxylation sites is 1. The van der Waals surface area contributed by atoms with Crippen LogP contribution < -0.4 is 11.1 Å². The molecular formula is C14H15N3O. The van der Waals surface area contributed by atoms with Crippen LogP contribution >= 0.6 is 0 Å². The smallest absolute Gasteiger partial charge is 0.268 e. The van der Waals surface area contributed by atoms with Crippen LogP contribution in [0.4, 0.5) is 5.69 Å². The summed E-state index contributed by atoms with van der Waals surface area (Å²) in [5.74, 6) is 2.31. The fourth-order valence-corrected chi connectivity index (χ4v) is 1.80. The molecule has 0 fully saturated rings. The van der Waals surface area contributed by atoms with Crippen molar-refractivity contribution >= 4 is 22.5 Å². The summed E-state index contributed by atoms with van der Waals surface area (Å²) in [6.07, 6.45) is 6.01. The Morgan fingerprint density at radius 3 is 3.00 bits per heavy atom. The van der Waals surface area contributed by atoms with E-state index in [0.717, 1.165) is 10.9 Å². The molecule has 1 aromatic carbocycles. The maximum atomic E-state index is 12.0. The zero-order valence-electron chi connectivity index (χ0n) is 10.2. The van der Waals surface area contributed by atoms with Gasteiger partial charge in [0, 0.05) is 5.39 Å². The predicted octanol–water partition coefficient (Wildman–Crippen LogP) is 1.89. The Morgan fingerprint density at radius 2 is 2.39 bits per heavy atom. The molecule has 0 aliphatic heterocycles. The Labute approximate surface area is 106 Å². The molecule has 0 aliphatic carbocycles. The van der Waals surface area contributed by atoms with E-state index < -0.39 is 0 Å². The number of carbonyl (C=O) groups is 1. The highest BCUT2D eigenvalue weighted by molar-refractivity contribution is 6.01. The van der Waals surface area contributed by atoms with Crippen molar-refractivity contribution in [3.05, 3.63) is 30.0 Å². The zero-order valence-corrected chi connectivity index (χ0v) is 10.2. The molecule has 1 heterocycles. The van der Waals surface area contributed by atoms with Crippen molar-refractivity contribution in [2.75, 3.05) is 5.73 Å². The highest BCUT2D eigenvalue weighted by atomic mass is 16.1. The van der Waals surface area contributed by atoms with E-state index in [-0.39, 0.29) is 11.9 Å². The van der Waals surface area contributed by atoms with Gasteiger partial charge in [-0.1, -0.05) is 25.0 Å². The third-order valence-electron chi connectivity index (χ3n) is 2.85. The van der Waals surface area contributed by atoms with Gasteiger partial charge in [-0.25, -0.2) is 0 Å². The fraction of sp³-hybridized carbons (Fsp3) is 0.214. The minimum Gasteiger partial charge on any atom is -0.397 e. The Morgan fingerprint density at radius 1 is 1.61 bits per heavy atom. The van der Waals surface area contributed by atoms with Gasteiger partial charge in [0.15, 0.2) is 0 Å². The van der Waals surface area contributed by atoms with E-state index in [9.17, 15) is 4.79 Å². The van der Waals surface area contributed by atoms with Crippen molar-refractivity contribution in [1.29, 1.82) is 0 Å². The molecule has 4 heteroatoms. The first-order valence-corrected chi connectivity index (χ1v) is 5.80. The molecule has 0 saturated carbocycles. The second kappa shape index (κ2) is 4.84. The maximum Gasteiger partial charge on any atom is 0.268 e. The van der Waals surface area contributed by atoms with Gasteiger partial charge in [0.1, 0.15) is 5.69 Å². The van der Waals surface area contributed by atoms with Crippen LogP contribution in [0.5, 0.6) is 0 Å². The minimum atomic E-state index is -0.249. The number of terminal acetylenes is 1. The van der Waals surface area contributed by atoms with Crippen LogP contribution in [0, 0.1) is 12.3 Å². The summed E-state index contributed by atoms with van der Waals surface area (Å²) in [6.45, 7) is 1.92. The van der Waals surface area contributed by atoms with Crippen LogP contribution in [-0.2, 0) is 0 Å². The second-order valence-corrected chi connectivity index (χ2v) is 4.10. The number of aromatic nitrogens is 1. The molecule has 92 valence electrons. The largest absolute Gasteiger partial charge is 0.397 e. The van der Waals surface area contributed by atoms with E-state index in [1.54, 1.807) is 12.1 Å². The normalized spacial score (nSPS) is 12.0. The summed E-state index contributed by atoms with van der Waals surface area (Å²) in [4.78, 5) is 15.0. The van der Waals surface area contributed by atoms with Crippen molar-refractivity contribution in [3.63, 3.8) is 0 Å². The van der Waals surface area contributed by atoms with Gasteiger partial charge in [-0.3, -0.25) is 4.79 Å². The molecule has 4 N–H and O–H groups in total. The summed E-state index contributed by atoms with van der Waals surface area (Å²) < 4.78 is 0. The van der Waals surface area contributed by atoms with Gasteiger partial charge in [0.25, 0.3) is 5.91 Å². The first-order valence-electron chi connectivity index (χ1n) is 5.80. The van der Waals surface area contributed by atoms with Gasteiger partial charge in [-0.05, 0) is 18.6 Å². The predicted molar refractivity (Wildman–Crippen MR) is 73.1 cm³/mol. The molecule has 2 rings (SSSR count). The van der Waals surface area contributed by atoms with E-state index in [1.807, 2.05) is 19.1 Å². The molecule has 1 amide bonds. The standard InChI is InChI=1S/C14H15N3O/c1-3-10(4-2)16-14(18)12-8-9-6-5-7-11(15)13(9)17-12/h1,5-8,10,17H,4,15H2,2H3,(H,16,18). The van der Waals surface area contributed by atoms with E-state index in [0.29, 0.717) is 17.8 Å². The molecule has 0 saturated heterocycles. The molecule has 0 bridgehead atoms. The van der Waals surface area contributed by atoms with Crippen LogP contribution in [0.25, 0.3) is 10.9 Å². The molecule has 1 atom stereocenters. The number of nitrogens with two attached hydrogens (primary N) is 1. The lowest BCUT2D eigenvalue weighted by Crippen LogP contribution is -2.33. The van der Waals surface area contributed by atoms with E-state index in [1.165, 1.54) is 0 Å². The molecular weight excluding hydrogens is 226 g/mol. The number of carbonyl (C=O) groups excluding carboxylic acids is 1. The Kier molecular flexibility index (Phi) is 3.24. The van der Waals surface area contributed by atoms with Gasteiger partial charge in [-0.2, -0.15) is 0 Å². The van der Waals surface area contributed by atoms with Crippen LogP contribution in [-0.4, -0.2) is 16.9 Å². The summed E-state index contributed by atoms with van der Waals surface area (Å²) in [5, 5.41) is 3.68. The molecule has 4 nitrogen and oxygen atoms in total. The Hall–Kier alpha value is -2.41. The molecule has 2 aromatic rings. The second-order valence-electron chi connectivity index (χ2n) is 4.10. The minimum absolute atomic E-state index is 0.213. The van der Waals surface area contributed by atoms with Gasteiger partial charge < -0.3 is 16.0 Å². The number of rotatable bonds is 3. The number of nitrogen functional groups attached to an aromatic ring is 1. The average molecular weight is 241 g/mol. The highest BCUT2D eigenvalue weighted by Crippen LogP contribution is 2.21. The lowest BCUT2D eigenvalue weighted by molar-refractivity contribution is 0.0941. The average Bonchev–Trinajstić information content (AvgIpc) is 2.81. The summed E-state index contributed by atoms with van der Waals surface area (Å²) in [5.41, 5.74) is 7.69. The maximum absolute atomic E-state index is 12.0. The number of amides is 1. The molecule has 1 aromatic heterocycles. The SMILES string of the molecule is C#CC(CC)NC(=O)c1cc2cccc(N)c2[nH]1. The Bertz CT molecular complexity index is 621. The van der Waals surface area contributed by atoms with Crippen LogP contribution in [0.2, 0.25) is 0 Å². The van der Waals surface area contributed by atoms with Gasteiger partial charge in [0.2, 0.25) is 0 Å². The van der Waals surface area contributed by atoms with Crippen LogP contribution in [0.1, 0.15) is 23.8 Å². The van der Waals surface area contributed by atoms with E-state index in [4.69, 9.17) is 12.2 Å². The summed E-state index contributed by atoms with van der Waals surface area (Å²) >= 11 is 0. The third-order valence-corrected chi connectivity index (χ3v) is 2.85. The number of hydrogen-bond acceptors (Lipinski definition) is 2. The number of hydrogen-bond donors (Lipinski definition) is 3. The van der Waals surface area contributed by atoms with Crippen molar-refractivity contribution < 1.29 is 4.79 Å². The summed E-state index contributed by atoms with van der Waals surface area (Å²) in [6, 6.07) is 7.06. The van der Waals surface area contributed by atoms with Gasteiger partial charge in [0.05, 0.1) is 17.2 Å². The molecule has 0 spiro atoms. The monoisotopic (exact) mass is 241 g/mol. The van der Waals surface area contributed by atoms with Crippen molar-refractivity contribution in [2.24, 2.45) is 0 Å². The van der Waals surface area contributed by atoms with Gasteiger partial charge >= 0.3 is 0 Å². The number of benzene rings is 1. The molecule has 0 radical (unpaired) electrons. The number of nitrogens with one attached hydrogen (secondary N) is 2. The van der Waals surface area contributed by atoms with Gasteiger partial charge in [-0.15, -0.1) is 6.42 Å². The number of H-pyrrole nitrogens is 1. The lowest BCUT2D eigenvalue weighted by atomic mass is 10.2. The molecule has 18 heavy (non-hydrogen) atoms.